The largest absolute Gasteiger partial charge is 0.369 e. The highest BCUT2D eigenvalue weighted by Gasteiger charge is 2.34. The number of benzene rings is 1. The third kappa shape index (κ3) is 2.72. The molecule has 1 aliphatic heterocycles. The minimum Gasteiger partial charge on any atom is -0.369 e. The second-order valence-corrected chi connectivity index (χ2v) is 4.33. The molecule has 2 nitrogen and oxygen atoms in total. The third-order valence-corrected chi connectivity index (χ3v) is 3.08. The fourth-order valence-corrected chi connectivity index (χ4v) is 2.01. The van der Waals surface area contributed by atoms with E-state index in [0.29, 0.717) is 11.3 Å². The lowest BCUT2D eigenvalue weighted by molar-refractivity contribution is -0.0221. The maximum Gasteiger partial charge on any atom is 0.251 e. The Morgan fingerprint density at radius 1 is 1.24 bits per heavy atom. The Kier molecular flexibility index (Phi) is 3.28. The van der Waals surface area contributed by atoms with Gasteiger partial charge < -0.3 is 10.6 Å². The van der Waals surface area contributed by atoms with Crippen LogP contribution in [0.2, 0.25) is 0 Å². The van der Waals surface area contributed by atoms with Crippen LogP contribution in [-0.2, 0) is 6.54 Å². The summed E-state index contributed by atoms with van der Waals surface area (Å²) in [6.45, 7) is 0.646. The van der Waals surface area contributed by atoms with Gasteiger partial charge in [-0.15, -0.1) is 0 Å². The smallest absolute Gasteiger partial charge is 0.251 e. The summed E-state index contributed by atoms with van der Waals surface area (Å²) in [5.41, 5.74) is 6.49. The van der Waals surface area contributed by atoms with Crippen molar-refractivity contribution in [2.24, 2.45) is 5.73 Å². The molecule has 0 amide bonds. The Morgan fingerprint density at radius 2 is 1.88 bits per heavy atom. The predicted molar refractivity (Wildman–Crippen MR) is 60.7 cm³/mol. The van der Waals surface area contributed by atoms with Crippen LogP contribution in [0.25, 0.3) is 0 Å². The Bertz CT molecular complexity index is 397. The first-order valence-corrected chi connectivity index (χ1v) is 5.63. The van der Waals surface area contributed by atoms with E-state index in [0.717, 1.165) is 0 Å². The van der Waals surface area contributed by atoms with E-state index in [-0.39, 0.29) is 32.5 Å². The standard InChI is InChI=1S/C12H15F3N2/c13-10-7-9(8-16)1-2-11(10)17-5-3-12(14,15)4-6-17/h1-2,7H,3-6,8,16H2. The van der Waals surface area contributed by atoms with E-state index in [1.165, 1.54) is 6.07 Å². The van der Waals surface area contributed by atoms with E-state index in [2.05, 4.69) is 0 Å². The average molecular weight is 244 g/mol. The number of rotatable bonds is 2. The van der Waals surface area contributed by atoms with Gasteiger partial charge in [-0.2, -0.15) is 0 Å². The minimum absolute atomic E-state index is 0.186. The highest BCUT2D eigenvalue weighted by molar-refractivity contribution is 5.49. The first kappa shape index (κ1) is 12.2. The van der Waals surface area contributed by atoms with Crippen LogP contribution in [0, 0.1) is 5.82 Å². The van der Waals surface area contributed by atoms with Crippen LogP contribution >= 0.6 is 0 Å². The van der Waals surface area contributed by atoms with Crippen molar-refractivity contribution in [3.05, 3.63) is 29.6 Å². The Morgan fingerprint density at radius 3 is 2.41 bits per heavy atom. The van der Waals surface area contributed by atoms with Gasteiger partial charge in [-0.05, 0) is 17.7 Å². The van der Waals surface area contributed by atoms with Crippen molar-refractivity contribution in [2.75, 3.05) is 18.0 Å². The minimum atomic E-state index is -2.61. The number of halogens is 3. The SMILES string of the molecule is NCc1ccc(N2CCC(F)(F)CC2)c(F)c1. The summed E-state index contributed by atoms with van der Waals surface area (Å²) in [5.74, 6) is -3.00. The van der Waals surface area contributed by atoms with Crippen molar-refractivity contribution in [1.29, 1.82) is 0 Å². The summed E-state index contributed by atoms with van der Waals surface area (Å²) in [6, 6.07) is 4.70. The first-order chi connectivity index (χ1) is 8.02. The van der Waals surface area contributed by atoms with Crippen molar-refractivity contribution in [3.63, 3.8) is 0 Å². The molecule has 1 heterocycles. The van der Waals surface area contributed by atoms with E-state index < -0.39 is 11.7 Å². The quantitative estimate of drug-likeness (QED) is 0.866. The number of hydrogen-bond donors (Lipinski definition) is 1. The van der Waals surface area contributed by atoms with Crippen LogP contribution in [0.1, 0.15) is 18.4 Å². The lowest BCUT2D eigenvalue weighted by Gasteiger charge is -2.33. The fourth-order valence-electron chi connectivity index (χ4n) is 2.01. The predicted octanol–water partition coefficient (Wildman–Crippen LogP) is 2.52. The zero-order chi connectivity index (χ0) is 12.5. The molecule has 1 fully saturated rings. The molecule has 17 heavy (non-hydrogen) atoms. The van der Waals surface area contributed by atoms with Gasteiger partial charge in [0.2, 0.25) is 0 Å². The third-order valence-electron chi connectivity index (χ3n) is 3.08. The Balaban J connectivity index is 2.13. The zero-order valence-electron chi connectivity index (χ0n) is 9.43. The van der Waals surface area contributed by atoms with Crippen LogP contribution in [-0.4, -0.2) is 19.0 Å². The molecule has 2 rings (SSSR count). The van der Waals surface area contributed by atoms with Gasteiger partial charge in [0.1, 0.15) is 5.82 Å². The van der Waals surface area contributed by atoms with Crippen LogP contribution < -0.4 is 10.6 Å². The molecule has 94 valence electrons. The molecule has 0 aromatic heterocycles. The molecule has 5 heteroatoms. The van der Waals surface area contributed by atoms with Gasteiger partial charge in [0.05, 0.1) is 5.69 Å². The Hall–Kier alpha value is -1.23. The van der Waals surface area contributed by atoms with Crippen molar-refractivity contribution >= 4 is 5.69 Å². The van der Waals surface area contributed by atoms with E-state index in [9.17, 15) is 13.2 Å². The fraction of sp³-hybridized carbons (Fsp3) is 0.500. The van der Waals surface area contributed by atoms with Gasteiger partial charge in [-0.3, -0.25) is 0 Å². The molecular formula is C12H15F3N2. The number of anilines is 1. The lowest BCUT2D eigenvalue weighted by atomic mass is 10.1. The molecule has 0 bridgehead atoms. The summed E-state index contributed by atoms with van der Waals surface area (Å²) < 4.78 is 39.7. The van der Waals surface area contributed by atoms with Crippen LogP contribution in [0.5, 0.6) is 0 Å². The summed E-state index contributed by atoms with van der Waals surface area (Å²) in [7, 11) is 0. The monoisotopic (exact) mass is 244 g/mol. The number of nitrogens with zero attached hydrogens (tertiary/aromatic N) is 1. The number of hydrogen-bond acceptors (Lipinski definition) is 2. The highest BCUT2D eigenvalue weighted by Crippen LogP contribution is 2.31. The van der Waals surface area contributed by atoms with Crippen LogP contribution in [0.3, 0.4) is 0 Å². The zero-order valence-corrected chi connectivity index (χ0v) is 9.43. The number of piperidine rings is 1. The molecular weight excluding hydrogens is 229 g/mol. The molecule has 0 aliphatic carbocycles. The summed E-state index contributed by atoms with van der Waals surface area (Å²) in [6.07, 6.45) is -0.434. The van der Waals surface area contributed by atoms with Gasteiger partial charge >= 0.3 is 0 Å². The summed E-state index contributed by atoms with van der Waals surface area (Å²) in [5, 5.41) is 0. The summed E-state index contributed by atoms with van der Waals surface area (Å²) >= 11 is 0. The maximum atomic E-state index is 13.7. The molecule has 0 atom stereocenters. The van der Waals surface area contributed by atoms with Crippen molar-refractivity contribution in [3.8, 4) is 0 Å². The summed E-state index contributed by atoms with van der Waals surface area (Å²) in [4.78, 5) is 1.66. The average Bonchev–Trinajstić information content (AvgIpc) is 2.29. The molecule has 0 radical (unpaired) electrons. The van der Waals surface area contributed by atoms with Gasteiger partial charge in [0.15, 0.2) is 0 Å². The molecule has 0 spiro atoms. The lowest BCUT2D eigenvalue weighted by Crippen LogP contribution is -2.39. The normalized spacial score (nSPS) is 19.4. The van der Waals surface area contributed by atoms with Gasteiger partial charge in [-0.1, -0.05) is 6.07 Å². The topological polar surface area (TPSA) is 29.3 Å². The van der Waals surface area contributed by atoms with E-state index >= 15 is 0 Å². The molecule has 2 N–H and O–H groups in total. The maximum absolute atomic E-state index is 13.7. The van der Waals surface area contributed by atoms with Crippen molar-refractivity contribution in [2.45, 2.75) is 25.3 Å². The number of alkyl halides is 2. The van der Waals surface area contributed by atoms with Crippen molar-refractivity contribution in [1.82, 2.24) is 0 Å². The molecule has 0 saturated carbocycles. The van der Waals surface area contributed by atoms with Gasteiger partial charge in [0.25, 0.3) is 5.92 Å². The van der Waals surface area contributed by atoms with Crippen LogP contribution in [0.4, 0.5) is 18.9 Å². The van der Waals surface area contributed by atoms with Crippen LogP contribution in [0.15, 0.2) is 18.2 Å². The molecule has 1 saturated heterocycles. The van der Waals surface area contributed by atoms with E-state index in [4.69, 9.17) is 5.73 Å². The first-order valence-electron chi connectivity index (χ1n) is 5.63. The Labute approximate surface area is 98.2 Å². The van der Waals surface area contributed by atoms with Gasteiger partial charge in [-0.25, -0.2) is 13.2 Å². The molecule has 0 unspecified atom stereocenters. The van der Waals surface area contributed by atoms with Crippen molar-refractivity contribution < 1.29 is 13.2 Å². The highest BCUT2D eigenvalue weighted by atomic mass is 19.3. The van der Waals surface area contributed by atoms with Gasteiger partial charge in [0, 0.05) is 32.5 Å². The number of nitrogens with two attached hydrogens (primary N) is 1. The van der Waals surface area contributed by atoms with E-state index in [1.54, 1.807) is 17.0 Å². The molecule has 1 aliphatic rings. The van der Waals surface area contributed by atoms with E-state index in [1.807, 2.05) is 0 Å². The second-order valence-electron chi connectivity index (χ2n) is 4.33. The molecule has 1 aromatic carbocycles. The molecule has 1 aromatic rings. The second kappa shape index (κ2) is 4.56.